The summed E-state index contributed by atoms with van der Waals surface area (Å²) in [7, 11) is 0. The summed E-state index contributed by atoms with van der Waals surface area (Å²) >= 11 is 5.61. The molecule has 24 heavy (non-hydrogen) atoms. The molecule has 0 aliphatic rings. The number of hydrogen-bond donors (Lipinski definition) is 0. The summed E-state index contributed by atoms with van der Waals surface area (Å²) in [5.74, 6) is -0.592. The van der Waals surface area contributed by atoms with Gasteiger partial charge in [-0.25, -0.2) is 14.8 Å². The van der Waals surface area contributed by atoms with Crippen molar-refractivity contribution in [3.8, 4) is 0 Å². The number of ether oxygens (including phenoxy) is 1. The van der Waals surface area contributed by atoms with Gasteiger partial charge in [0.1, 0.15) is 6.33 Å². The minimum absolute atomic E-state index is 0.104. The number of nitrogens with zero attached hydrogens (tertiary/aromatic N) is 2. The van der Waals surface area contributed by atoms with Gasteiger partial charge in [-0.05, 0) is 31.5 Å². The molecule has 0 aliphatic heterocycles. The standard InChI is InChI=1S/C16H14ClF3N2O2/c1-3-24-15(23)14-9(2)13(21-8-22-14)7-10-4-5-12(17)11(6-10)16(18,19)20/h4-6,8H,3,7H2,1-2H3. The third kappa shape index (κ3) is 4.03. The summed E-state index contributed by atoms with van der Waals surface area (Å²) in [6, 6.07) is 3.67. The lowest BCUT2D eigenvalue weighted by Crippen LogP contribution is -2.12. The first-order valence-electron chi connectivity index (χ1n) is 7.07. The molecule has 0 radical (unpaired) electrons. The highest BCUT2D eigenvalue weighted by atomic mass is 35.5. The lowest BCUT2D eigenvalue weighted by Gasteiger charge is -2.12. The van der Waals surface area contributed by atoms with Gasteiger partial charge < -0.3 is 4.74 Å². The molecule has 0 N–H and O–H groups in total. The van der Waals surface area contributed by atoms with Crippen LogP contribution in [0.2, 0.25) is 5.02 Å². The van der Waals surface area contributed by atoms with Crippen molar-refractivity contribution in [2.24, 2.45) is 0 Å². The normalized spacial score (nSPS) is 11.4. The average molecular weight is 359 g/mol. The van der Waals surface area contributed by atoms with Crippen LogP contribution in [-0.2, 0) is 17.3 Å². The number of alkyl halides is 3. The minimum Gasteiger partial charge on any atom is -0.461 e. The number of carbonyl (C=O) groups is 1. The fourth-order valence-corrected chi connectivity index (χ4v) is 2.39. The molecule has 0 saturated heterocycles. The van der Waals surface area contributed by atoms with Crippen molar-refractivity contribution >= 4 is 17.6 Å². The van der Waals surface area contributed by atoms with Crippen molar-refractivity contribution in [3.05, 3.63) is 57.6 Å². The van der Waals surface area contributed by atoms with E-state index in [1.54, 1.807) is 13.8 Å². The number of benzene rings is 1. The molecule has 1 aromatic carbocycles. The predicted octanol–water partition coefficient (Wildman–Crippen LogP) is 4.22. The van der Waals surface area contributed by atoms with Gasteiger partial charge in [-0.3, -0.25) is 0 Å². The zero-order chi connectivity index (χ0) is 17.9. The van der Waals surface area contributed by atoms with Gasteiger partial charge in [-0.15, -0.1) is 0 Å². The monoisotopic (exact) mass is 358 g/mol. The molecule has 2 aromatic rings. The molecule has 1 heterocycles. The van der Waals surface area contributed by atoms with Crippen molar-refractivity contribution < 1.29 is 22.7 Å². The van der Waals surface area contributed by atoms with E-state index in [1.165, 1.54) is 18.5 Å². The van der Waals surface area contributed by atoms with Crippen LogP contribution in [0.1, 0.15) is 39.8 Å². The van der Waals surface area contributed by atoms with Crippen LogP contribution in [0.5, 0.6) is 0 Å². The summed E-state index contributed by atoms with van der Waals surface area (Å²) in [4.78, 5) is 19.8. The molecule has 0 saturated carbocycles. The molecule has 0 bridgehead atoms. The number of aromatic nitrogens is 2. The molecule has 0 fully saturated rings. The second-order valence-electron chi connectivity index (χ2n) is 5.00. The smallest absolute Gasteiger partial charge is 0.417 e. The Morgan fingerprint density at radius 2 is 2.00 bits per heavy atom. The Balaban J connectivity index is 2.36. The quantitative estimate of drug-likeness (QED) is 0.768. The van der Waals surface area contributed by atoms with Crippen LogP contribution in [0, 0.1) is 6.92 Å². The van der Waals surface area contributed by atoms with Crippen LogP contribution in [0.25, 0.3) is 0 Å². The van der Waals surface area contributed by atoms with Crippen LogP contribution in [-0.4, -0.2) is 22.5 Å². The number of rotatable bonds is 4. The van der Waals surface area contributed by atoms with Gasteiger partial charge in [0.25, 0.3) is 0 Å². The summed E-state index contributed by atoms with van der Waals surface area (Å²) in [6.07, 6.45) is -3.24. The van der Waals surface area contributed by atoms with E-state index < -0.39 is 17.7 Å². The summed E-state index contributed by atoms with van der Waals surface area (Å²) in [5, 5.41) is -0.363. The molecular formula is C16H14ClF3N2O2. The Labute approximate surface area is 141 Å². The third-order valence-corrected chi connectivity index (χ3v) is 3.69. The molecule has 0 aliphatic carbocycles. The Bertz CT molecular complexity index is 763. The summed E-state index contributed by atoms with van der Waals surface area (Å²) in [6.45, 7) is 3.49. The van der Waals surface area contributed by atoms with E-state index >= 15 is 0 Å². The van der Waals surface area contributed by atoms with E-state index in [4.69, 9.17) is 16.3 Å². The first-order valence-corrected chi connectivity index (χ1v) is 7.45. The molecule has 8 heteroatoms. The van der Waals surface area contributed by atoms with E-state index in [-0.39, 0.29) is 23.7 Å². The first kappa shape index (κ1) is 18.2. The summed E-state index contributed by atoms with van der Waals surface area (Å²) < 4.78 is 43.7. The van der Waals surface area contributed by atoms with Gasteiger partial charge >= 0.3 is 12.1 Å². The van der Waals surface area contributed by atoms with Gasteiger partial charge in [-0.2, -0.15) is 13.2 Å². The van der Waals surface area contributed by atoms with Crippen LogP contribution in [0.15, 0.2) is 24.5 Å². The maximum Gasteiger partial charge on any atom is 0.417 e. The van der Waals surface area contributed by atoms with Crippen molar-refractivity contribution in [1.29, 1.82) is 0 Å². The Kier molecular flexibility index (Phi) is 5.43. The van der Waals surface area contributed by atoms with E-state index in [0.717, 1.165) is 6.07 Å². The highest BCUT2D eigenvalue weighted by Crippen LogP contribution is 2.35. The van der Waals surface area contributed by atoms with Gasteiger partial charge in [0, 0.05) is 12.0 Å². The number of hydrogen-bond acceptors (Lipinski definition) is 4. The Morgan fingerprint density at radius 1 is 1.29 bits per heavy atom. The molecule has 0 spiro atoms. The van der Waals surface area contributed by atoms with Gasteiger partial charge in [0.15, 0.2) is 5.69 Å². The second kappa shape index (κ2) is 7.17. The lowest BCUT2D eigenvalue weighted by atomic mass is 10.0. The number of halogens is 4. The Hall–Kier alpha value is -2.15. The fourth-order valence-electron chi connectivity index (χ4n) is 2.16. The van der Waals surface area contributed by atoms with Crippen molar-refractivity contribution in [2.45, 2.75) is 26.4 Å². The molecule has 0 amide bonds. The molecule has 2 rings (SSSR count). The molecule has 0 unspecified atom stereocenters. The predicted molar refractivity (Wildman–Crippen MR) is 82.0 cm³/mol. The van der Waals surface area contributed by atoms with Gasteiger partial charge in [0.05, 0.1) is 22.9 Å². The SMILES string of the molecule is CCOC(=O)c1ncnc(Cc2ccc(Cl)c(C(F)(F)F)c2)c1C. The zero-order valence-electron chi connectivity index (χ0n) is 12.9. The average Bonchev–Trinajstić information content (AvgIpc) is 2.50. The third-order valence-electron chi connectivity index (χ3n) is 3.37. The molecule has 1 aromatic heterocycles. The Morgan fingerprint density at radius 3 is 2.62 bits per heavy atom. The molecular weight excluding hydrogens is 345 g/mol. The first-order chi connectivity index (χ1) is 11.2. The van der Waals surface area contributed by atoms with Crippen LogP contribution in [0.4, 0.5) is 13.2 Å². The van der Waals surface area contributed by atoms with Crippen molar-refractivity contribution in [1.82, 2.24) is 9.97 Å². The molecule has 0 atom stereocenters. The van der Waals surface area contributed by atoms with Crippen LogP contribution >= 0.6 is 11.6 Å². The highest BCUT2D eigenvalue weighted by molar-refractivity contribution is 6.31. The van der Waals surface area contributed by atoms with E-state index in [2.05, 4.69) is 9.97 Å². The van der Waals surface area contributed by atoms with Crippen LogP contribution < -0.4 is 0 Å². The van der Waals surface area contributed by atoms with Crippen LogP contribution in [0.3, 0.4) is 0 Å². The van der Waals surface area contributed by atoms with E-state index in [0.29, 0.717) is 16.8 Å². The van der Waals surface area contributed by atoms with Gasteiger partial charge in [0.2, 0.25) is 0 Å². The fraction of sp³-hybridized carbons (Fsp3) is 0.312. The van der Waals surface area contributed by atoms with Gasteiger partial charge in [-0.1, -0.05) is 17.7 Å². The summed E-state index contributed by atoms with van der Waals surface area (Å²) in [5.41, 5.74) is 0.497. The molecule has 128 valence electrons. The number of carbonyl (C=O) groups excluding carboxylic acids is 1. The lowest BCUT2D eigenvalue weighted by molar-refractivity contribution is -0.137. The van der Waals surface area contributed by atoms with E-state index in [1.807, 2.05) is 0 Å². The van der Waals surface area contributed by atoms with E-state index in [9.17, 15) is 18.0 Å². The second-order valence-corrected chi connectivity index (χ2v) is 5.41. The zero-order valence-corrected chi connectivity index (χ0v) is 13.7. The maximum atomic E-state index is 12.9. The largest absolute Gasteiger partial charge is 0.461 e. The van der Waals surface area contributed by atoms with Crippen molar-refractivity contribution in [3.63, 3.8) is 0 Å². The minimum atomic E-state index is -4.54. The topological polar surface area (TPSA) is 52.1 Å². The highest BCUT2D eigenvalue weighted by Gasteiger charge is 2.33. The van der Waals surface area contributed by atoms with Crippen molar-refractivity contribution in [2.75, 3.05) is 6.61 Å². The molecule has 4 nitrogen and oxygen atoms in total. The maximum absolute atomic E-state index is 12.9. The number of esters is 1.